The summed E-state index contributed by atoms with van der Waals surface area (Å²) in [7, 11) is 1.24. The molecule has 9 N–H and O–H groups in total. The van der Waals surface area contributed by atoms with Crippen LogP contribution in [0.25, 0.3) is 0 Å². The van der Waals surface area contributed by atoms with Crippen molar-refractivity contribution in [2.45, 2.75) is 140 Å². The Bertz CT molecular complexity index is 1910. The molecule has 0 bridgehead atoms. The van der Waals surface area contributed by atoms with Gasteiger partial charge in [0.2, 0.25) is 5.91 Å². The van der Waals surface area contributed by atoms with E-state index >= 15 is 0 Å². The van der Waals surface area contributed by atoms with Crippen LogP contribution in [-0.4, -0.2) is 174 Å². The van der Waals surface area contributed by atoms with E-state index in [-0.39, 0.29) is 22.2 Å². The quantitative estimate of drug-likeness (QED) is 0.0364. The minimum atomic E-state index is -3.10. The average Bonchev–Trinajstić information content (AvgIpc) is 3.21. The van der Waals surface area contributed by atoms with E-state index in [9.17, 15) is 64.2 Å². The molecule has 358 valence electrons. The Hall–Kier alpha value is -4.60. The van der Waals surface area contributed by atoms with Crippen molar-refractivity contribution in [3.63, 3.8) is 0 Å². The van der Waals surface area contributed by atoms with Crippen LogP contribution in [0.15, 0.2) is 23.1 Å². The molecule has 13 atom stereocenters. The highest BCUT2D eigenvalue weighted by molar-refractivity contribution is 8.23. The number of esters is 3. The fourth-order valence-electron chi connectivity index (χ4n) is 7.15. The lowest BCUT2D eigenvalue weighted by Crippen LogP contribution is -2.70. The van der Waals surface area contributed by atoms with Crippen LogP contribution in [0, 0.1) is 11.3 Å². The number of aliphatic hydroxyl groups is 4. The van der Waals surface area contributed by atoms with Gasteiger partial charge >= 0.3 is 29.8 Å². The van der Waals surface area contributed by atoms with Gasteiger partial charge in [-0.25, -0.2) is 14.4 Å². The van der Waals surface area contributed by atoms with Crippen LogP contribution in [0.3, 0.4) is 0 Å². The summed E-state index contributed by atoms with van der Waals surface area (Å²) in [5, 5.41) is 79.2. The van der Waals surface area contributed by atoms with Crippen molar-refractivity contribution in [1.29, 1.82) is 5.41 Å². The van der Waals surface area contributed by atoms with Crippen LogP contribution >= 0.6 is 24.0 Å². The van der Waals surface area contributed by atoms with Crippen LogP contribution in [0.1, 0.15) is 67.7 Å². The molecule has 5 unspecified atom stereocenters. The number of rotatable bonds is 18. The third kappa shape index (κ3) is 12.2. The van der Waals surface area contributed by atoms with Crippen molar-refractivity contribution in [2.24, 2.45) is 5.92 Å². The zero-order valence-corrected chi connectivity index (χ0v) is 37.8. The summed E-state index contributed by atoms with van der Waals surface area (Å²) in [6, 6.07) is -1.36. The van der Waals surface area contributed by atoms with Gasteiger partial charge in [-0.15, -0.1) is 0 Å². The van der Waals surface area contributed by atoms with Crippen molar-refractivity contribution in [3.05, 3.63) is 23.1 Å². The Labute approximate surface area is 376 Å². The van der Waals surface area contributed by atoms with Gasteiger partial charge in [-0.3, -0.25) is 24.6 Å². The monoisotopic (exact) mass is 949 g/mol. The van der Waals surface area contributed by atoms with Gasteiger partial charge in [-0.2, -0.15) is 0 Å². The number of aliphatic hydroxyl groups excluding tert-OH is 2. The topological polar surface area (TPSA) is 353 Å². The zero-order chi connectivity index (χ0) is 48.6. The van der Waals surface area contributed by atoms with E-state index in [2.05, 4.69) is 10.6 Å². The number of methoxy groups -OCH3 is 1. The number of carboxylic acid groups (broad SMARTS) is 2. The number of carbonyl (C=O) groups excluding carboxylic acids is 5. The molecule has 23 nitrogen and oxygen atoms in total. The smallest absolute Gasteiger partial charge is 0.354 e. The average molecular weight is 950 g/mol. The Morgan fingerprint density at radius 2 is 1.73 bits per heavy atom. The molecule has 2 aliphatic heterocycles. The molecular weight excluding hydrogens is 895 g/mol. The van der Waals surface area contributed by atoms with Crippen molar-refractivity contribution in [3.8, 4) is 0 Å². The molecule has 2 fully saturated rings. The van der Waals surface area contributed by atoms with E-state index in [4.69, 9.17) is 50.8 Å². The van der Waals surface area contributed by atoms with Gasteiger partial charge in [0.1, 0.15) is 70.2 Å². The predicted octanol–water partition coefficient (Wildman–Crippen LogP) is -0.445. The second-order valence-electron chi connectivity index (χ2n) is 15.2. The lowest BCUT2D eigenvalue weighted by Gasteiger charge is -2.52. The number of thiocarbonyl (C=S) groups is 1. The number of ether oxygens (including phenoxy) is 7. The number of aliphatic carboxylic acids is 2. The molecule has 0 aromatic rings. The summed E-state index contributed by atoms with van der Waals surface area (Å²) >= 11 is 6.02. The SMILES string of the molecule is C/C=C(/NC(=S)SCC(NC(C)=O)C(=O)O)C(=O)O[C@H]1[C@@H](O[C@H]2C[C@H](OC)[C@@](O)(C(C)OC(=O)C(C)CC)[C@H](C)O2)[C@@H](O)C(C2(O)CC(=O)C(=N)C(C(=O)O)=C2O)O[C@@H]1COC(C)=O. The summed E-state index contributed by atoms with van der Waals surface area (Å²) in [4.78, 5) is 87.0. The number of carboxylic acids is 2. The number of hydrogen-bond donors (Lipinski definition) is 9. The molecule has 1 aliphatic carbocycles. The zero-order valence-electron chi connectivity index (χ0n) is 36.2. The van der Waals surface area contributed by atoms with Crippen molar-refractivity contribution in [1.82, 2.24) is 10.6 Å². The Kier molecular flexibility index (Phi) is 18.9. The maximum atomic E-state index is 13.9. The molecule has 3 rings (SSSR count). The van der Waals surface area contributed by atoms with E-state index in [1.54, 1.807) is 13.8 Å². The van der Waals surface area contributed by atoms with Crippen LogP contribution in [0.5, 0.6) is 0 Å². The highest BCUT2D eigenvalue weighted by Gasteiger charge is 2.62. The minimum Gasteiger partial charge on any atom is -0.508 e. The summed E-state index contributed by atoms with van der Waals surface area (Å²) < 4.78 is 40.3. The van der Waals surface area contributed by atoms with Crippen molar-refractivity contribution < 1.29 is 97.4 Å². The first-order valence-electron chi connectivity index (χ1n) is 19.8. The van der Waals surface area contributed by atoms with Crippen molar-refractivity contribution in [2.75, 3.05) is 19.5 Å². The number of thioether (sulfide) groups is 1. The first-order valence-corrected chi connectivity index (χ1v) is 21.2. The fraction of sp³-hybridized carbons (Fsp3) is 0.667. The van der Waals surface area contributed by atoms with Gasteiger partial charge < -0.3 is 74.4 Å². The summed E-state index contributed by atoms with van der Waals surface area (Å²) in [6.45, 7) is 8.91. The molecule has 25 heteroatoms. The van der Waals surface area contributed by atoms with Gasteiger partial charge in [0, 0.05) is 33.1 Å². The molecule has 0 saturated carbocycles. The molecule has 0 aromatic heterocycles. The van der Waals surface area contributed by atoms with E-state index < -0.39 is 150 Å². The summed E-state index contributed by atoms with van der Waals surface area (Å²) in [5.41, 5.74) is -7.97. The third-order valence-corrected chi connectivity index (χ3v) is 12.2. The minimum absolute atomic E-state index is 0.163. The highest BCUT2D eigenvalue weighted by Crippen LogP contribution is 2.42. The van der Waals surface area contributed by atoms with Crippen LogP contribution in [0.2, 0.25) is 0 Å². The standard InChI is InChI=1S/C39H55N3O20S2/c1-9-15(3)35(52)59-17(5)39(55)16(4)58-25(11-24(39)56-8)61-30-28(46)32(38(54)12-22(45)27(40)26(31(38)47)34(50)51)60-23(13-57-19(7)44)29(30)62-36(53)20(10-2)42-37(63)64-14-21(33(48)49)41-18(6)43/h10,15-17,21,23-25,28-30,32,40,46-47,54-55H,9,11-14H2,1-8H3,(H,41,43)(H,42,63)(H,48,49)(H,50,51)/b20-10+,40-27?/t15?,16-,17?,21?,23+,24-,25-,28+,29+,30-,32?,38?,39-/m0/s1. The highest BCUT2D eigenvalue weighted by atomic mass is 32.2. The lowest BCUT2D eigenvalue weighted by molar-refractivity contribution is -0.345. The van der Waals surface area contributed by atoms with Gasteiger partial charge in [0.25, 0.3) is 0 Å². The first-order chi connectivity index (χ1) is 29.8. The van der Waals surface area contributed by atoms with Gasteiger partial charge in [-0.05, 0) is 27.2 Å². The largest absolute Gasteiger partial charge is 0.508 e. The maximum Gasteiger partial charge on any atom is 0.354 e. The normalized spacial score (nSPS) is 31.2. The van der Waals surface area contributed by atoms with Crippen LogP contribution < -0.4 is 10.6 Å². The number of carbonyl (C=O) groups is 7. The predicted molar refractivity (Wildman–Crippen MR) is 223 cm³/mol. The fourth-order valence-corrected chi connectivity index (χ4v) is 8.19. The van der Waals surface area contributed by atoms with E-state index in [1.165, 1.54) is 34.0 Å². The van der Waals surface area contributed by atoms with Gasteiger partial charge in [0.05, 0.1) is 24.5 Å². The molecule has 0 spiro atoms. The van der Waals surface area contributed by atoms with E-state index in [1.807, 2.05) is 0 Å². The number of amides is 1. The third-order valence-electron chi connectivity index (χ3n) is 10.9. The maximum absolute atomic E-state index is 13.9. The molecule has 2 saturated heterocycles. The summed E-state index contributed by atoms with van der Waals surface area (Å²) in [6.07, 6.45) is -15.4. The second-order valence-corrected chi connectivity index (χ2v) is 16.9. The number of Topliss-reactive ketones (excluding diaryl/α,β-unsaturated/α-hetero) is 1. The number of allylic oxidation sites excluding steroid dienone is 1. The van der Waals surface area contributed by atoms with Gasteiger partial charge in [0.15, 0.2) is 29.4 Å². The molecule has 64 heavy (non-hydrogen) atoms. The summed E-state index contributed by atoms with van der Waals surface area (Å²) in [5.74, 6) is -10.2. The number of nitrogens with one attached hydrogen (secondary N) is 3. The lowest BCUT2D eigenvalue weighted by atomic mass is 9.74. The Morgan fingerprint density at radius 3 is 2.27 bits per heavy atom. The first kappa shape index (κ1) is 53.7. The second kappa shape index (κ2) is 22.5. The molecule has 2 heterocycles. The van der Waals surface area contributed by atoms with Gasteiger partial charge in [-0.1, -0.05) is 43.9 Å². The Morgan fingerprint density at radius 1 is 1.09 bits per heavy atom. The van der Waals surface area contributed by atoms with E-state index in [0.717, 1.165) is 25.6 Å². The molecule has 1 amide bonds. The number of ketones is 1. The molecule has 0 radical (unpaired) electrons. The Balaban J connectivity index is 2.11. The van der Waals surface area contributed by atoms with Crippen LogP contribution in [0.4, 0.5) is 0 Å². The number of hydrogen-bond acceptors (Lipinski definition) is 21. The van der Waals surface area contributed by atoms with Crippen molar-refractivity contribution >= 4 is 75.5 Å². The van der Waals surface area contributed by atoms with Crippen LogP contribution in [-0.2, 0) is 66.7 Å². The molecule has 3 aliphatic rings. The van der Waals surface area contributed by atoms with E-state index in [0.29, 0.717) is 6.42 Å². The molecular formula is C39H55N3O20S2. The molecule has 0 aromatic carbocycles.